The number of alkyl halides is 2. The van der Waals surface area contributed by atoms with Crippen LogP contribution in [0.4, 0.5) is 8.78 Å². The van der Waals surface area contributed by atoms with Crippen LogP contribution in [0.2, 0.25) is 0 Å². The van der Waals surface area contributed by atoms with E-state index >= 15 is 0 Å². The lowest BCUT2D eigenvalue weighted by Gasteiger charge is -2.02. The second-order valence-electron chi connectivity index (χ2n) is 2.96. The van der Waals surface area contributed by atoms with E-state index in [0.717, 1.165) is 5.56 Å². The van der Waals surface area contributed by atoms with Gasteiger partial charge >= 0.3 is 0 Å². The molecule has 0 N–H and O–H groups in total. The Kier molecular flexibility index (Phi) is 3.62. The van der Waals surface area contributed by atoms with Gasteiger partial charge in [-0.25, -0.2) is 8.78 Å². The van der Waals surface area contributed by atoms with Gasteiger partial charge in [-0.05, 0) is 5.56 Å². The zero-order valence-corrected chi connectivity index (χ0v) is 7.45. The first kappa shape index (κ1) is 9.90. The van der Waals surface area contributed by atoms with Crippen LogP contribution in [-0.2, 0) is 0 Å². The van der Waals surface area contributed by atoms with Gasteiger partial charge in [0.1, 0.15) is 0 Å². The Balaban J connectivity index is 2.59. The topological polar surface area (TPSA) is 0 Å². The summed E-state index contributed by atoms with van der Waals surface area (Å²) < 4.78 is 24.2. The summed E-state index contributed by atoms with van der Waals surface area (Å²) in [6.45, 7) is 1.50. The molecule has 0 heterocycles. The predicted molar refractivity (Wildman–Crippen MR) is 50.6 cm³/mol. The smallest absolute Gasteiger partial charge is 0.210 e. The van der Waals surface area contributed by atoms with Gasteiger partial charge in [-0.1, -0.05) is 49.4 Å². The molecule has 0 radical (unpaired) electrons. The lowest BCUT2D eigenvalue weighted by Crippen LogP contribution is -2.01. The first-order valence-corrected chi connectivity index (χ1v) is 4.21. The Labute approximate surface area is 76.9 Å². The quantitative estimate of drug-likeness (QED) is 0.670. The Morgan fingerprint density at radius 3 is 2.31 bits per heavy atom. The molecule has 0 aliphatic carbocycles. The second-order valence-corrected chi connectivity index (χ2v) is 2.96. The van der Waals surface area contributed by atoms with Crippen LogP contribution in [0.25, 0.3) is 6.08 Å². The van der Waals surface area contributed by atoms with Gasteiger partial charge in [0.15, 0.2) is 0 Å². The highest BCUT2D eigenvalue weighted by atomic mass is 19.3. The molecule has 0 spiro atoms. The van der Waals surface area contributed by atoms with Crippen LogP contribution in [0.5, 0.6) is 0 Å². The maximum atomic E-state index is 12.1. The van der Waals surface area contributed by atoms with E-state index in [1.165, 1.54) is 13.0 Å². The van der Waals surface area contributed by atoms with Crippen molar-refractivity contribution in [2.24, 2.45) is 5.92 Å². The van der Waals surface area contributed by atoms with E-state index in [0.29, 0.717) is 0 Å². The van der Waals surface area contributed by atoms with Crippen molar-refractivity contribution < 1.29 is 8.78 Å². The molecule has 1 unspecified atom stereocenters. The van der Waals surface area contributed by atoms with Gasteiger partial charge in [-0.3, -0.25) is 0 Å². The molecule has 1 atom stereocenters. The van der Waals surface area contributed by atoms with Crippen molar-refractivity contribution in [2.45, 2.75) is 13.3 Å². The average Bonchev–Trinajstić information content (AvgIpc) is 2.15. The normalized spacial score (nSPS) is 13.8. The van der Waals surface area contributed by atoms with Gasteiger partial charge in [0.2, 0.25) is 6.43 Å². The SMILES string of the molecule is CC(/C=C/c1ccccc1)C(F)F. The molecule has 13 heavy (non-hydrogen) atoms. The summed E-state index contributed by atoms with van der Waals surface area (Å²) in [6.07, 6.45) is 0.969. The minimum absolute atomic E-state index is 0.680. The van der Waals surface area contributed by atoms with Gasteiger partial charge in [0, 0.05) is 5.92 Å². The van der Waals surface area contributed by atoms with Crippen LogP contribution < -0.4 is 0 Å². The zero-order valence-electron chi connectivity index (χ0n) is 7.45. The van der Waals surface area contributed by atoms with Gasteiger partial charge in [-0.2, -0.15) is 0 Å². The largest absolute Gasteiger partial charge is 0.244 e. The molecule has 0 saturated heterocycles. The van der Waals surface area contributed by atoms with Crippen molar-refractivity contribution in [2.75, 3.05) is 0 Å². The van der Waals surface area contributed by atoms with E-state index in [9.17, 15) is 8.78 Å². The molecule has 0 nitrogen and oxygen atoms in total. The Bertz CT molecular complexity index is 265. The molecule has 1 rings (SSSR count). The number of benzene rings is 1. The van der Waals surface area contributed by atoms with Crippen LogP contribution in [0.15, 0.2) is 36.4 Å². The molecular weight excluding hydrogens is 170 g/mol. The monoisotopic (exact) mass is 182 g/mol. The molecule has 0 fully saturated rings. The van der Waals surface area contributed by atoms with Gasteiger partial charge in [-0.15, -0.1) is 0 Å². The highest BCUT2D eigenvalue weighted by Crippen LogP contribution is 2.12. The van der Waals surface area contributed by atoms with E-state index in [-0.39, 0.29) is 0 Å². The van der Waals surface area contributed by atoms with Gasteiger partial charge < -0.3 is 0 Å². The molecule has 1 aromatic rings. The maximum absolute atomic E-state index is 12.1. The van der Waals surface area contributed by atoms with Crippen molar-refractivity contribution in [3.63, 3.8) is 0 Å². The van der Waals surface area contributed by atoms with E-state index in [1.54, 1.807) is 6.08 Å². The summed E-state index contributed by atoms with van der Waals surface area (Å²) in [5, 5.41) is 0. The van der Waals surface area contributed by atoms with Crippen LogP contribution >= 0.6 is 0 Å². The summed E-state index contributed by atoms with van der Waals surface area (Å²) >= 11 is 0. The highest BCUT2D eigenvalue weighted by molar-refractivity contribution is 5.48. The Morgan fingerprint density at radius 2 is 1.77 bits per heavy atom. The van der Waals surface area contributed by atoms with Gasteiger partial charge in [0.25, 0.3) is 0 Å². The fourth-order valence-corrected chi connectivity index (χ4v) is 0.911. The molecule has 0 saturated carbocycles. The van der Waals surface area contributed by atoms with E-state index < -0.39 is 12.3 Å². The van der Waals surface area contributed by atoms with Crippen molar-refractivity contribution in [3.05, 3.63) is 42.0 Å². The van der Waals surface area contributed by atoms with E-state index in [1.807, 2.05) is 30.3 Å². The molecule has 70 valence electrons. The van der Waals surface area contributed by atoms with Gasteiger partial charge in [0.05, 0.1) is 0 Å². The van der Waals surface area contributed by atoms with E-state index in [2.05, 4.69) is 0 Å². The maximum Gasteiger partial charge on any atom is 0.244 e. The third kappa shape index (κ3) is 3.36. The number of hydrogen-bond donors (Lipinski definition) is 0. The molecule has 0 bridgehead atoms. The summed E-state index contributed by atoms with van der Waals surface area (Å²) in [6, 6.07) is 9.43. The third-order valence-corrected chi connectivity index (χ3v) is 1.79. The van der Waals surface area contributed by atoms with Crippen molar-refractivity contribution in [1.82, 2.24) is 0 Å². The average molecular weight is 182 g/mol. The standard InChI is InChI=1S/C11H12F2/c1-9(11(12)13)7-8-10-5-3-2-4-6-10/h2-9,11H,1H3/b8-7+. The van der Waals surface area contributed by atoms with Crippen molar-refractivity contribution in [1.29, 1.82) is 0 Å². The summed E-state index contributed by atoms with van der Waals surface area (Å²) in [5.41, 5.74) is 0.954. The van der Waals surface area contributed by atoms with Crippen molar-refractivity contribution >= 4 is 6.08 Å². The first-order chi connectivity index (χ1) is 6.20. The predicted octanol–water partition coefficient (Wildman–Crippen LogP) is 3.60. The number of allylic oxidation sites excluding steroid dienone is 1. The zero-order chi connectivity index (χ0) is 9.68. The van der Waals surface area contributed by atoms with E-state index in [4.69, 9.17) is 0 Å². The van der Waals surface area contributed by atoms with Crippen LogP contribution in [0, 0.1) is 5.92 Å². The Morgan fingerprint density at radius 1 is 1.15 bits per heavy atom. The van der Waals surface area contributed by atoms with Crippen molar-refractivity contribution in [3.8, 4) is 0 Å². The minimum atomic E-state index is -2.28. The summed E-state index contributed by atoms with van der Waals surface area (Å²) in [4.78, 5) is 0. The Hall–Kier alpha value is -1.18. The summed E-state index contributed by atoms with van der Waals surface area (Å²) in [5.74, 6) is -0.680. The second kappa shape index (κ2) is 4.75. The third-order valence-electron chi connectivity index (χ3n) is 1.79. The fourth-order valence-electron chi connectivity index (χ4n) is 0.911. The number of rotatable bonds is 3. The number of hydrogen-bond acceptors (Lipinski definition) is 0. The lowest BCUT2D eigenvalue weighted by atomic mass is 10.1. The first-order valence-electron chi connectivity index (χ1n) is 4.21. The molecule has 0 aliphatic heterocycles. The number of halogens is 2. The fraction of sp³-hybridized carbons (Fsp3) is 0.273. The lowest BCUT2D eigenvalue weighted by molar-refractivity contribution is 0.109. The van der Waals surface area contributed by atoms with Crippen LogP contribution in [0.1, 0.15) is 12.5 Å². The molecule has 0 amide bonds. The molecule has 0 aliphatic rings. The molecule has 2 heteroatoms. The minimum Gasteiger partial charge on any atom is -0.210 e. The molecule has 0 aromatic heterocycles. The van der Waals surface area contributed by atoms with Crippen LogP contribution in [-0.4, -0.2) is 6.43 Å². The van der Waals surface area contributed by atoms with Crippen LogP contribution in [0.3, 0.4) is 0 Å². The summed E-state index contributed by atoms with van der Waals surface area (Å²) in [7, 11) is 0. The molecule has 1 aromatic carbocycles. The molecular formula is C11H12F2. The highest BCUT2D eigenvalue weighted by Gasteiger charge is 2.09.